The number of hydrogen-bond donors (Lipinski definition) is 2. The lowest BCUT2D eigenvalue weighted by atomic mass is 9.90. The van der Waals surface area contributed by atoms with E-state index in [1.165, 1.54) is 21.3 Å². The number of rotatable bonds is 4. The number of anilines is 1. The Balaban J connectivity index is 1.37. The molecular formula is C28H26ClFN4O3. The Labute approximate surface area is 218 Å². The van der Waals surface area contributed by atoms with Crippen molar-refractivity contribution in [3.05, 3.63) is 82.4 Å². The summed E-state index contributed by atoms with van der Waals surface area (Å²) >= 11 is 6.51. The quantitative estimate of drug-likeness (QED) is 0.405. The van der Waals surface area contributed by atoms with Crippen LogP contribution >= 0.6 is 11.6 Å². The molecule has 3 heterocycles. The monoisotopic (exact) mass is 520 g/mol. The molecule has 2 N–H and O–H groups in total. The van der Waals surface area contributed by atoms with E-state index in [0.29, 0.717) is 41.3 Å². The molecule has 2 aliphatic rings. The zero-order valence-corrected chi connectivity index (χ0v) is 21.2. The molecule has 1 aliphatic heterocycles. The Kier molecular flexibility index (Phi) is 5.26. The lowest BCUT2D eigenvalue weighted by molar-refractivity contribution is 0.0244. The van der Waals surface area contributed by atoms with Crippen molar-refractivity contribution in [2.75, 3.05) is 18.0 Å². The number of phenolic OH excluding ortho intramolecular Hbond substituents is 1. The molecule has 6 rings (SSSR count). The highest BCUT2D eigenvalue weighted by molar-refractivity contribution is 6.32. The number of aromatic hydroxyl groups is 1. The normalized spacial score (nSPS) is 20.1. The highest BCUT2D eigenvalue weighted by atomic mass is 35.5. The van der Waals surface area contributed by atoms with Crippen LogP contribution in [-0.4, -0.2) is 43.0 Å². The fourth-order valence-corrected chi connectivity index (χ4v) is 5.73. The molecule has 190 valence electrons. The third-order valence-corrected chi connectivity index (χ3v) is 8.21. The maximum Gasteiger partial charge on any atom is 0.332 e. The molecule has 1 spiro atoms. The van der Waals surface area contributed by atoms with Gasteiger partial charge >= 0.3 is 5.69 Å². The van der Waals surface area contributed by atoms with Crippen LogP contribution in [0.15, 0.2) is 65.8 Å². The van der Waals surface area contributed by atoms with Gasteiger partial charge in [0.25, 0.3) is 0 Å². The van der Waals surface area contributed by atoms with Gasteiger partial charge in [0.1, 0.15) is 17.4 Å². The summed E-state index contributed by atoms with van der Waals surface area (Å²) in [5, 5.41) is 22.4. The number of aliphatic hydroxyl groups is 1. The average molecular weight is 521 g/mol. The molecule has 0 bridgehead atoms. The highest BCUT2D eigenvalue weighted by Crippen LogP contribution is 2.58. The minimum atomic E-state index is -0.783. The predicted molar refractivity (Wildman–Crippen MR) is 141 cm³/mol. The first-order valence-electron chi connectivity index (χ1n) is 12.1. The number of hydrogen-bond acceptors (Lipinski definition) is 5. The van der Waals surface area contributed by atoms with Gasteiger partial charge in [-0.05, 0) is 67.3 Å². The lowest BCUT2D eigenvalue weighted by Gasteiger charge is -2.23. The molecule has 0 unspecified atom stereocenters. The molecular weight excluding hydrogens is 495 g/mol. The zero-order valence-electron chi connectivity index (χ0n) is 20.4. The summed E-state index contributed by atoms with van der Waals surface area (Å²) in [5.41, 5.74) is 1.10. The minimum absolute atomic E-state index is 0.0881. The molecule has 1 saturated carbocycles. The molecule has 1 atom stereocenters. The SMILES string of the molecule is Cn1ccn(-c2ccc(-c3cc(F)cc(-c4ccnc(N5CC6(CC6)[C@](C)(O)C5)c4)c3O)cc2Cl)c1=O. The van der Waals surface area contributed by atoms with Gasteiger partial charge in [-0.15, -0.1) is 0 Å². The van der Waals surface area contributed by atoms with Crippen molar-refractivity contribution in [3.63, 3.8) is 0 Å². The van der Waals surface area contributed by atoms with Gasteiger partial charge in [-0.2, -0.15) is 0 Å². The first-order chi connectivity index (χ1) is 17.6. The summed E-state index contributed by atoms with van der Waals surface area (Å²) in [4.78, 5) is 18.9. The maximum atomic E-state index is 14.8. The molecule has 2 aromatic carbocycles. The standard InChI is InChI=1S/C28H26ClFN4O3/c1-27(37)15-33(16-28(27)6-7-28)24-12-18(5-8-31-24)21-14-19(30)13-20(25(21)35)17-3-4-23(22(29)11-17)34-10-9-32(2)26(34)36/h3-5,8-14,35,37H,6-7,15-16H2,1-2H3/t27-/m1/s1. The van der Waals surface area contributed by atoms with Crippen molar-refractivity contribution >= 4 is 17.4 Å². The Morgan fingerprint density at radius 1 is 1.03 bits per heavy atom. The third-order valence-electron chi connectivity index (χ3n) is 7.91. The Morgan fingerprint density at radius 3 is 2.32 bits per heavy atom. The number of nitrogens with zero attached hydrogens (tertiary/aromatic N) is 4. The highest BCUT2D eigenvalue weighted by Gasteiger charge is 2.61. The first-order valence-corrected chi connectivity index (χ1v) is 12.5. The van der Waals surface area contributed by atoms with Crippen molar-refractivity contribution in [2.24, 2.45) is 12.5 Å². The van der Waals surface area contributed by atoms with Gasteiger partial charge in [-0.25, -0.2) is 14.2 Å². The first kappa shape index (κ1) is 23.8. The number of imidazole rings is 1. The van der Waals surface area contributed by atoms with Crippen molar-refractivity contribution in [1.82, 2.24) is 14.1 Å². The molecule has 4 aromatic rings. The van der Waals surface area contributed by atoms with Gasteiger partial charge in [-0.3, -0.25) is 4.57 Å². The summed E-state index contributed by atoms with van der Waals surface area (Å²) in [6.45, 7) is 3.06. The molecule has 2 aromatic heterocycles. The van der Waals surface area contributed by atoms with Crippen LogP contribution in [0.1, 0.15) is 19.8 Å². The van der Waals surface area contributed by atoms with Crippen LogP contribution in [0, 0.1) is 11.2 Å². The number of halogens is 2. The fourth-order valence-electron chi connectivity index (χ4n) is 5.46. The largest absolute Gasteiger partial charge is 0.507 e. The molecule has 9 heteroatoms. The smallest absolute Gasteiger partial charge is 0.332 e. The summed E-state index contributed by atoms with van der Waals surface area (Å²) in [6.07, 6.45) is 6.86. The van der Waals surface area contributed by atoms with Crippen LogP contribution in [0.3, 0.4) is 0 Å². The van der Waals surface area contributed by atoms with Crippen molar-refractivity contribution in [1.29, 1.82) is 0 Å². The van der Waals surface area contributed by atoms with Gasteiger partial charge < -0.3 is 19.7 Å². The summed E-state index contributed by atoms with van der Waals surface area (Å²) < 4.78 is 17.7. The fraction of sp³-hybridized carbons (Fsp3) is 0.286. The molecule has 1 saturated heterocycles. The van der Waals surface area contributed by atoms with E-state index in [1.54, 1.807) is 49.9 Å². The predicted octanol–water partition coefficient (Wildman–Crippen LogP) is 4.75. The number of aryl methyl sites for hydroxylation is 1. The number of benzene rings is 2. The summed E-state index contributed by atoms with van der Waals surface area (Å²) in [5.74, 6) is 0.0699. The summed E-state index contributed by atoms with van der Waals surface area (Å²) in [6, 6.07) is 11.1. The Morgan fingerprint density at radius 2 is 1.73 bits per heavy atom. The number of aromatic nitrogens is 3. The molecule has 37 heavy (non-hydrogen) atoms. The third kappa shape index (κ3) is 3.83. The van der Waals surface area contributed by atoms with Crippen LogP contribution in [0.5, 0.6) is 5.75 Å². The molecule has 2 fully saturated rings. The van der Waals surface area contributed by atoms with E-state index in [9.17, 15) is 19.4 Å². The van der Waals surface area contributed by atoms with Gasteiger partial charge in [0, 0.05) is 55.3 Å². The van der Waals surface area contributed by atoms with Crippen molar-refractivity contribution in [3.8, 4) is 33.7 Å². The van der Waals surface area contributed by atoms with Crippen molar-refractivity contribution < 1.29 is 14.6 Å². The van der Waals surface area contributed by atoms with E-state index in [2.05, 4.69) is 9.88 Å². The second kappa shape index (κ2) is 8.19. The number of β-amino-alcohol motifs (C(OH)–C–C–N with tert-alkyl or cyclic N) is 1. The second-order valence-corrected chi connectivity index (χ2v) is 10.8. The van der Waals surface area contributed by atoms with Gasteiger partial charge in [-0.1, -0.05) is 17.7 Å². The van der Waals surface area contributed by atoms with E-state index >= 15 is 0 Å². The molecule has 0 radical (unpaired) electrons. The van der Waals surface area contributed by atoms with E-state index in [4.69, 9.17) is 11.6 Å². The van der Waals surface area contributed by atoms with Gasteiger partial charge in [0.05, 0.1) is 16.3 Å². The minimum Gasteiger partial charge on any atom is -0.507 e. The number of pyridine rings is 1. The zero-order chi connectivity index (χ0) is 26.1. The molecule has 7 nitrogen and oxygen atoms in total. The Hall–Kier alpha value is -3.62. The van der Waals surface area contributed by atoms with Crippen LogP contribution in [-0.2, 0) is 7.05 Å². The van der Waals surface area contributed by atoms with Crippen LogP contribution in [0.25, 0.3) is 27.9 Å². The van der Waals surface area contributed by atoms with Crippen LogP contribution in [0.2, 0.25) is 5.02 Å². The van der Waals surface area contributed by atoms with Crippen molar-refractivity contribution in [2.45, 2.75) is 25.4 Å². The van der Waals surface area contributed by atoms with Crippen LogP contribution < -0.4 is 10.6 Å². The van der Waals surface area contributed by atoms with E-state index < -0.39 is 11.4 Å². The average Bonchev–Trinajstić information content (AvgIpc) is 3.52. The molecule has 1 aliphatic carbocycles. The summed E-state index contributed by atoms with van der Waals surface area (Å²) in [7, 11) is 1.65. The lowest BCUT2D eigenvalue weighted by Crippen LogP contribution is -2.35. The second-order valence-electron chi connectivity index (χ2n) is 10.4. The Bertz CT molecular complexity index is 1600. The van der Waals surface area contributed by atoms with Gasteiger partial charge in [0.2, 0.25) is 0 Å². The maximum absolute atomic E-state index is 14.8. The van der Waals surface area contributed by atoms with E-state index in [0.717, 1.165) is 12.8 Å². The molecule has 0 amide bonds. The van der Waals surface area contributed by atoms with Crippen LogP contribution in [0.4, 0.5) is 10.2 Å². The van der Waals surface area contributed by atoms with E-state index in [-0.39, 0.29) is 27.4 Å². The van der Waals surface area contributed by atoms with E-state index in [1.807, 2.05) is 13.0 Å². The number of phenols is 1. The topological polar surface area (TPSA) is 83.5 Å². The van der Waals surface area contributed by atoms with Gasteiger partial charge in [0.15, 0.2) is 0 Å².